The number of rotatable bonds is 6. The fraction of sp³-hybridized carbons (Fsp3) is 0.269. The molecule has 3 aromatic rings. The molecule has 3 aromatic carbocycles. The van der Waals surface area contributed by atoms with Gasteiger partial charge >= 0.3 is 6.03 Å². The Hall–Kier alpha value is -3.67. The number of anilines is 1. The summed E-state index contributed by atoms with van der Waals surface area (Å²) in [4.78, 5) is 39.8. The first-order chi connectivity index (χ1) is 15.4. The number of fused-ring (bicyclic) bond motifs is 1. The third-order valence-electron chi connectivity index (χ3n) is 6.17. The van der Waals surface area contributed by atoms with Crippen molar-refractivity contribution in [2.45, 2.75) is 39.2 Å². The average Bonchev–Trinajstić information content (AvgIpc) is 3.02. The molecule has 6 heteroatoms. The SMILES string of the molecule is CCc1cccc(CC)c1NC(=O)CN1C(=O)NC(C)(c2ccc3ccccc3c2)C1=O. The summed E-state index contributed by atoms with van der Waals surface area (Å²) in [5, 5.41) is 7.74. The zero-order valence-corrected chi connectivity index (χ0v) is 18.6. The number of amides is 4. The van der Waals surface area contributed by atoms with Crippen LogP contribution in [0.25, 0.3) is 10.8 Å². The summed E-state index contributed by atoms with van der Waals surface area (Å²) in [5.41, 5.74) is 2.28. The highest BCUT2D eigenvalue weighted by Gasteiger charge is 2.49. The third kappa shape index (κ3) is 3.73. The fourth-order valence-corrected chi connectivity index (χ4v) is 4.26. The Bertz CT molecular complexity index is 1200. The lowest BCUT2D eigenvalue weighted by Gasteiger charge is -2.23. The van der Waals surface area contributed by atoms with Gasteiger partial charge in [0.25, 0.3) is 5.91 Å². The average molecular weight is 430 g/mol. The number of aryl methyl sites for hydroxylation is 2. The predicted molar refractivity (Wildman–Crippen MR) is 125 cm³/mol. The summed E-state index contributed by atoms with van der Waals surface area (Å²) in [5.74, 6) is -0.834. The maximum atomic E-state index is 13.3. The lowest BCUT2D eigenvalue weighted by Crippen LogP contribution is -2.42. The van der Waals surface area contributed by atoms with Gasteiger partial charge in [0, 0.05) is 5.69 Å². The molecule has 0 saturated carbocycles. The second-order valence-corrected chi connectivity index (χ2v) is 8.21. The molecule has 0 bridgehead atoms. The van der Waals surface area contributed by atoms with Gasteiger partial charge in [-0.3, -0.25) is 14.5 Å². The summed E-state index contributed by atoms with van der Waals surface area (Å²) < 4.78 is 0. The number of para-hydroxylation sites is 1. The number of imide groups is 1. The molecule has 0 aromatic heterocycles. The molecular formula is C26H27N3O3. The number of hydrogen-bond acceptors (Lipinski definition) is 3. The molecule has 6 nitrogen and oxygen atoms in total. The monoisotopic (exact) mass is 429 g/mol. The molecule has 0 radical (unpaired) electrons. The van der Waals surface area contributed by atoms with E-state index in [9.17, 15) is 14.4 Å². The van der Waals surface area contributed by atoms with Crippen LogP contribution in [0, 0.1) is 0 Å². The van der Waals surface area contributed by atoms with Crippen LogP contribution in [0.5, 0.6) is 0 Å². The molecule has 2 N–H and O–H groups in total. The molecule has 4 rings (SSSR count). The molecule has 1 heterocycles. The number of hydrogen-bond donors (Lipinski definition) is 2. The topological polar surface area (TPSA) is 78.5 Å². The van der Waals surface area contributed by atoms with Crippen LogP contribution < -0.4 is 10.6 Å². The van der Waals surface area contributed by atoms with Gasteiger partial charge in [0.1, 0.15) is 12.1 Å². The minimum absolute atomic E-state index is 0.338. The summed E-state index contributed by atoms with van der Waals surface area (Å²) in [7, 11) is 0. The maximum absolute atomic E-state index is 13.3. The second kappa shape index (κ2) is 8.46. The molecular weight excluding hydrogens is 402 g/mol. The van der Waals surface area contributed by atoms with Gasteiger partial charge in [-0.05, 0) is 53.3 Å². The van der Waals surface area contributed by atoms with Crippen molar-refractivity contribution in [3.63, 3.8) is 0 Å². The Kier molecular flexibility index (Phi) is 5.70. The smallest absolute Gasteiger partial charge is 0.324 e. The van der Waals surface area contributed by atoms with Crippen molar-refractivity contribution < 1.29 is 14.4 Å². The van der Waals surface area contributed by atoms with E-state index in [1.54, 1.807) is 6.92 Å². The molecule has 0 spiro atoms. The molecule has 1 fully saturated rings. The largest absolute Gasteiger partial charge is 0.325 e. The molecule has 1 atom stereocenters. The van der Waals surface area contributed by atoms with Crippen molar-refractivity contribution in [2.75, 3.05) is 11.9 Å². The van der Waals surface area contributed by atoms with Gasteiger partial charge in [0.15, 0.2) is 0 Å². The Labute approximate surface area is 187 Å². The van der Waals surface area contributed by atoms with Crippen LogP contribution in [0.4, 0.5) is 10.5 Å². The van der Waals surface area contributed by atoms with E-state index in [-0.39, 0.29) is 6.54 Å². The molecule has 164 valence electrons. The van der Waals surface area contributed by atoms with E-state index in [0.717, 1.165) is 45.3 Å². The predicted octanol–water partition coefficient (Wildman–Crippen LogP) is 4.37. The lowest BCUT2D eigenvalue weighted by atomic mass is 9.90. The Morgan fingerprint density at radius 1 is 0.938 bits per heavy atom. The van der Waals surface area contributed by atoms with Crippen molar-refractivity contribution >= 4 is 34.3 Å². The van der Waals surface area contributed by atoms with Gasteiger partial charge in [-0.1, -0.05) is 68.4 Å². The van der Waals surface area contributed by atoms with Crippen molar-refractivity contribution in [3.05, 3.63) is 77.4 Å². The number of urea groups is 1. The van der Waals surface area contributed by atoms with Gasteiger partial charge < -0.3 is 10.6 Å². The van der Waals surface area contributed by atoms with Crippen molar-refractivity contribution in [3.8, 4) is 0 Å². The number of carbonyl (C=O) groups excluding carboxylic acids is 3. The molecule has 1 unspecified atom stereocenters. The quantitative estimate of drug-likeness (QED) is 0.571. The Morgan fingerprint density at radius 2 is 1.59 bits per heavy atom. The van der Waals surface area contributed by atoms with Crippen molar-refractivity contribution in [2.24, 2.45) is 0 Å². The van der Waals surface area contributed by atoms with E-state index in [0.29, 0.717) is 5.56 Å². The van der Waals surface area contributed by atoms with Gasteiger partial charge in [-0.25, -0.2) is 4.79 Å². The summed E-state index contributed by atoms with van der Waals surface area (Å²) in [6.07, 6.45) is 1.54. The van der Waals surface area contributed by atoms with Gasteiger partial charge in [0.05, 0.1) is 0 Å². The maximum Gasteiger partial charge on any atom is 0.325 e. The molecule has 1 saturated heterocycles. The summed E-state index contributed by atoms with van der Waals surface area (Å²) in [6.45, 7) is 5.39. The van der Waals surface area contributed by atoms with Crippen LogP contribution in [-0.4, -0.2) is 29.3 Å². The van der Waals surface area contributed by atoms with Crippen molar-refractivity contribution in [1.82, 2.24) is 10.2 Å². The molecule has 1 aliphatic rings. The molecule has 32 heavy (non-hydrogen) atoms. The van der Waals surface area contributed by atoms with E-state index < -0.39 is 23.4 Å². The number of nitrogens with zero attached hydrogens (tertiary/aromatic N) is 1. The summed E-state index contributed by atoms with van der Waals surface area (Å²) >= 11 is 0. The first-order valence-corrected chi connectivity index (χ1v) is 10.9. The highest BCUT2D eigenvalue weighted by Crippen LogP contribution is 2.31. The van der Waals surface area contributed by atoms with Crippen LogP contribution in [0.3, 0.4) is 0 Å². The minimum atomic E-state index is -1.22. The van der Waals surface area contributed by atoms with Gasteiger partial charge in [-0.2, -0.15) is 0 Å². The fourth-order valence-electron chi connectivity index (χ4n) is 4.26. The van der Waals surface area contributed by atoms with Gasteiger partial charge in [0.2, 0.25) is 5.91 Å². The number of carbonyl (C=O) groups is 3. The minimum Gasteiger partial charge on any atom is -0.324 e. The third-order valence-corrected chi connectivity index (χ3v) is 6.17. The highest BCUT2D eigenvalue weighted by atomic mass is 16.2. The van der Waals surface area contributed by atoms with E-state index in [4.69, 9.17) is 0 Å². The van der Waals surface area contributed by atoms with Crippen LogP contribution >= 0.6 is 0 Å². The van der Waals surface area contributed by atoms with E-state index >= 15 is 0 Å². The van der Waals surface area contributed by atoms with E-state index in [1.807, 2.05) is 74.5 Å². The van der Waals surface area contributed by atoms with Crippen LogP contribution in [0.15, 0.2) is 60.7 Å². The van der Waals surface area contributed by atoms with Gasteiger partial charge in [-0.15, -0.1) is 0 Å². The Balaban J connectivity index is 1.56. The zero-order valence-electron chi connectivity index (χ0n) is 18.6. The first kappa shape index (κ1) is 21.6. The van der Waals surface area contributed by atoms with Crippen LogP contribution in [0.1, 0.15) is 37.5 Å². The normalized spacial score (nSPS) is 18.2. The zero-order chi connectivity index (χ0) is 22.9. The van der Waals surface area contributed by atoms with E-state index in [1.165, 1.54) is 0 Å². The van der Waals surface area contributed by atoms with Crippen LogP contribution in [0.2, 0.25) is 0 Å². The van der Waals surface area contributed by atoms with Crippen LogP contribution in [-0.2, 0) is 28.0 Å². The molecule has 4 amide bonds. The Morgan fingerprint density at radius 3 is 2.25 bits per heavy atom. The second-order valence-electron chi connectivity index (χ2n) is 8.21. The highest BCUT2D eigenvalue weighted by molar-refractivity contribution is 6.10. The number of benzene rings is 3. The molecule has 0 aliphatic carbocycles. The molecule has 1 aliphatic heterocycles. The van der Waals surface area contributed by atoms with Crippen molar-refractivity contribution in [1.29, 1.82) is 0 Å². The lowest BCUT2D eigenvalue weighted by molar-refractivity contribution is -0.133. The first-order valence-electron chi connectivity index (χ1n) is 10.9. The summed E-state index contributed by atoms with van der Waals surface area (Å²) in [6, 6.07) is 18.9. The van der Waals surface area contributed by atoms with E-state index in [2.05, 4.69) is 10.6 Å². The number of nitrogens with one attached hydrogen (secondary N) is 2. The standard InChI is InChI=1S/C26H27N3O3/c1-4-17-11-8-12-18(5-2)23(17)27-22(30)16-29-24(31)26(3,28-25(29)32)21-14-13-19-9-6-7-10-20(19)15-21/h6-15H,4-5,16H2,1-3H3,(H,27,30)(H,28,32).